The molecule has 4 heterocycles. The number of nitrogens with one attached hydrogen (secondary N) is 1. The van der Waals surface area contributed by atoms with Gasteiger partial charge in [-0.2, -0.15) is 10.2 Å². The zero-order valence-corrected chi connectivity index (χ0v) is 24.1. The Bertz CT molecular complexity index is 2010. The van der Waals surface area contributed by atoms with Gasteiger partial charge in [0.1, 0.15) is 21.1 Å². The van der Waals surface area contributed by atoms with E-state index in [4.69, 9.17) is 10.8 Å². The second kappa shape index (κ2) is 10.9. The number of carbonyl (C=O) groups excluding carboxylic acids is 2. The Morgan fingerprint density at radius 1 is 0.977 bits per heavy atom. The summed E-state index contributed by atoms with van der Waals surface area (Å²) in [5.41, 5.74) is 9.73. The van der Waals surface area contributed by atoms with Crippen molar-refractivity contribution >= 4 is 39.1 Å². The van der Waals surface area contributed by atoms with Crippen LogP contribution in [0, 0.1) is 13.8 Å². The molecule has 6 aromatic rings. The normalized spacial score (nSPS) is 11.4. The predicted octanol–water partition coefficient (Wildman–Crippen LogP) is 6.46. The van der Waals surface area contributed by atoms with Gasteiger partial charge in [-0.05, 0) is 37.6 Å². The fourth-order valence-corrected chi connectivity index (χ4v) is 6.08. The lowest BCUT2D eigenvalue weighted by Gasteiger charge is -2.11. The number of aryl methyl sites for hydroxylation is 1. The molecule has 0 aliphatic heterocycles. The first-order valence-corrected chi connectivity index (χ1v) is 14.0. The highest BCUT2D eigenvalue weighted by Gasteiger charge is 2.29. The summed E-state index contributed by atoms with van der Waals surface area (Å²) in [5.74, 6) is -1.38. The van der Waals surface area contributed by atoms with Gasteiger partial charge in [0, 0.05) is 29.3 Å². The molecule has 216 valence electrons. The lowest BCUT2D eigenvalue weighted by atomic mass is 10.0. The van der Waals surface area contributed by atoms with Gasteiger partial charge in [-0.25, -0.2) is 18.4 Å². The fraction of sp³-hybridized carbons (Fsp3) is 0.129. The van der Waals surface area contributed by atoms with E-state index in [1.54, 1.807) is 36.5 Å². The van der Waals surface area contributed by atoms with Crippen molar-refractivity contribution in [3.8, 4) is 28.1 Å². The molecule has 0 atom stereocenters. The van der Waals surface area contributed by atoms with Crippen LogP contribution < -0.4 is 11.1 Å². The molecule has 0 bridgehead atoms. The minimum Gasteiger partial charge on any atom is -0.365 e. The highest BCUT2D eigenvalue weighted by Crippen LogP contribution is 2.43. The number of nitrogens with two attached hydrogens (primary N) is 1. The number of pyridine rings is 1. The lowest BCUT2D eigenvalue weighted by Crippen LogP contribution is -2.18. The third-order valence-corrected chi connectivity index (χ3v) is 8.38. The first-order chi connectivity index (χ1) is 20.7. The average Bonchev–Trinajstić information content (AvgIpc) is 3.66. The number of hydrogen-bond donors (Lipinski definition) is 2. The van der Waals surface area contributed by atoms with Gasteiger partial charge in [0.15, 0.2) is 0 Å². The monoisotopic (exact) mass is 597 g/mol. The van der Waals surface area contributed by atoms with Crippen molar-refractivity contribution in [3.05, 3.63) is 100 Å². The van der Waals surface area contributed by atoms with Crippen LogP contribution in [0.4, 0.5) is 14.5 Å². The number of carbonyl (C=O) groups is 2. The van der Waals surface area contributed by atoms with Gasteiger partial charge in [-0.15, -0.1) is 11.3 Å². The third-order valence-electron chi connectivity index (χ3n) is 7.28. The number of rotatable bonds is 7. The predicted molar refractivity (Wildman–Crippen MR) is 162 cm³/mol. The fourth-order valence-electron chi connectivity index (χ4n) is 5.07. The van der Waals surface area contributed by atoms with Gasteiger partial charge in [-0.1, -0.05) is 48.5 Å². The Morgan fingerprint density at radius 2 is 1.65 bits per heavy atom. The summed E-state index contributed by atoms with van der Waals surface area (Å²) in [5, 5.41) is 12.3. The maximum absolute atomic E-state index is 14.2. The van der Waals surface area contributed by atoms with Crippen molar-refractivity contribution < 1.29 is 18.4 Å². The summed E-state index contributed by atoms with van der Waals surface area (Å²) in [6.07, 6.45) is -1.31. The number of nitrogens with zero attached hydrogens (tertiary/aromatic N) is 5. The number of aromatic nitrogens is 5. The van der Waals surface area contributed by atoms with E-state index in [2.05, 4.69) is 15.4 Å². The molecule has 0 saturated carbocycles. The van der Waals surface area contributed by atoms with Crippen molar-refractivity contribution in [1.29, 1.82) is 0 Å². The summed E-state index contributed by atoms with van der Waals surface area (Å²) in [4.78, 5) is 31.1. The van der Waals surface area contributed by atoms with Gasteiger partial charge < -0.3 is 11.1 Å². The van der Waals surface area contributed by atoms with E-state index in [1.165, 1.54) is 6.07 Å². The highest BCUT2D eigenvalue weighted by atomic mass is 32.1. The van der Waals surface area contributed by atoms with Crippen molar-refractivity contribution in [2.45, 2.75) is 20.3 Å². The molecule has 3 N–H and O–H groups in total. The number of alkyl halides is 2. The number of fused-ring (bicyclic) bond motifs is 1. The SMILES string of the molecule is Cc1c(-c2cc(C(F)F)nc3sc(C(N)=O)c(NC(=O)c4c(-c5ccccc5)nn(-c5ccccc5)c4C)c23)cnn1C. The third kappa shape index (κ3) is 4.85. The Labute approximate surface area is 248 Å². The van der Waals surface area contributed by atoms with E-state index in [-0.39, 0.29) is 21.0 Å². The minimum absolute atomic E-state index is 0.0144. The molecule has 2 aromatic carbocycles. The molecule has 6 rings (SSSR count). The minimum atomic E-state index is -2.86. The topological polar surface area (TPSA) is 121 Å². The van der Waals surface area contributed by atoms with Gasteiger partial charge >= 0.3 is 0 Å². The summed E-state index contributed by atoms with van der Waals surface area (Å²) >= 11 is 0.847. The first kappa shape index (κ1) is 27.9. The van der Waals surface area contributed by atoms with E-state index in [0.717, 1.165) is 17.0 Å². The van der Waals surface area contributed by atoms with Gasteiger partial charge in [0.25, 0.3) is 18.2 Å². The van der Waals surface area contributed by atoms with E-state index >= 15 is 0 Å². The number of halogens is 2. The van der Waals surface area contributed by atoms with Gasteiger partial charge in [0.2, 0.25) is 0 Å². The molecular weight excluding hydrogens is 572 g/mol. The van der Waals surface area contributed by atoms with Crippen LogP contribution in [0.3, 0.4) is 0 Å². The average molecular weight is 598 g/mol. The standard InChI is InChI=1S/C31H25F2N7O2S/c1-16-21(15-35-39(16)3)20-14-22(28(32)33)36-31-24(20)26(27(43-31)29(34)41)37-30(42)23-17(2)40(19-12-8-5-9-13-19)38-25(23)18-10-6-4-7-11-18/h4-15,28H,1-3H3,(H2,34,41)(H,37,42). The molecule has 0 unspecified atom stereocenters. The number of para-hydroxylation sites is 1. The first-order valence-electron chi connectivity index (χ1n) is 13.2. The molecule has 2 amide bonds. The number of benzene rings is 2. The Balaban J connectivity index is 1.57. The summed E-state index contributed by atoms with van der Waals surface area (Å²) in [7, 11) is 1.73. The number of primary amides is 1. The van der Waals surface area contributed by atoms with Crippen LogP contribution in [-0.2, 0) is 7.05 Å². The van der Waals surface area contributed by atoms with Crippen LogP contribution in [0.2, 0.25) is 0 Å². The van der Waals surface area contributed by atoms with E-state index in [1.807, 2.05) is 60.7 Å². The van der Waals surface area contributed by atoms with Crippen molar-refractivity contribution in [1.82, 2.24) is 24.5 Å². The number of thiophene rings is 1. The van der Waals surface area contributed by atoms with E-state index in [9.17, 15) is 18.4 Å². The van der Waals surface area contributed by atoms with Crippen LogP contribution in [-0.4, -0.2) is 36.4 Å². The molecule has 9 nitrogen and oxygen atoms in total. The Kier molecular flexibility index (Phi) is 7.06. The zero-order valence-electron chi connectivity index (χ0n) is 23.3. The van der Waals surface area contributed by atoms with Crippen LogP contribution >= 0.6 is 11.3 Å². The zero-order chi connectivity index (χ0) is 30.4. The molecule has 0 saturated heterocycles. The summed E-state index contributed by atoms with van der Waals surface area (Å²) in [6, 6.07) is 19.9. The van der Waals surface area contributed by atoms with Crippen LogP contribution in [0.15, 0.2) is 72.9 Å². The molecule has 0 aliphatic carbocycles. The second-order valence-electron chi connectivity index (χ2n) is 9.89. The number of anilines is 1. The van der Waals surface area contributed by atoms with Crippen LogP contribution in [0.25, 0.3) is 38.3 Å². The largest absolute Gasteiger partial charge is 0.365 e. The van der Waals surface area contributed by atoms with Crippen LogP contribution in [0.1, 0.15) is 43.5 Å². The molecule has 0 aliphatic rings. The molecule has 12 heteroatoms. The van der Waals surface area contributed by atoms with Crippen molar-refractivity contribution in [3.63, 3.8) is 0 Å². The Hall–Kier alpha value is -5.23. The van der Waals surface area contributed by atoms with Crippen molar-refractivity contribution in [2.75, 3.05) is 5.32 Å². The summed E-state index contributed by atoms with van der Waals surface area (Å²) in [6.45, 7) is 3.58. The second-order valence-corrected chi connectivity index (χ2v) is 10.9. The molecular formula is C31H25F2N7O2S. The van der Waals surface area contributed by atoms with E-state index < -0.39 is 23.9 Å². The van der Waals surface area contributed by atoms with Crippen molar-refractivity contribution in [2.24, 2.45) is 12.8 Å². The maximum atomic E-state index is 14.2. The number of hydrogen-bond acceptors (Lipinski definition) is 6. The lowest BCUT2D eigenvalue weighted by molar-refractivity contribution is 0.100. The smallest absolute Gasteiger partial charge is 0.280 e. The molecule has 0 radical (unpaired) electrons. The van der Waals surface area contributed by atoms with Crippen LogP contribution in [0.5, 0.6) is 0 Å². The molecule has 4 aromatic heterocycles. The molecule has 0 fully saturated rings. The highest BCUT2D eigenvalue weighted by molar-refractivity contribution is 7.21. The van der Waals surface area contributed by atoms with E-state index in [0.29, 0.717) is 39.2 Å². The molecule has 43 heavy (non-hydrogen) atoms. The van der Waals surface area contributed by atoms with Gasteiger partial charge in [0.05, 0.1) is 28.8 Å². The number of amides is 2. The quantitative estimate of drug-likeness (QED) is 0.219. The molecule has 0 spiro atoms. The summed E-state index contributed by atoms with van der Waals surface area (Å²) < 4.78 is 31.2. The maximum Gasteiger partial charge on any atom is 0.280 e. The van der Waals surface area contributed by atoms with Gasteiger partial charge in [-0.3, -0.25) is 14.3 Å². The Morgan fingerprint density at radius 3 is 2.26 bits per heavy atom.